The minimum absolute atomic E-state index is 0.338. The van der Waals surface area contributed by atoms with Crippen LogP contribution in [0.4, 0.5) is 10.1 Å². The summed E-state index contributed by atoms with van der Waals surface area (Å²) in [5.41, 5.74) is 1.81. The van der Waals surface area contributed by atoms with E-state index in [4.69, 9.17) is 16.3 Å². The van der Waals surface area contributed by atoms with Crippen molar-refractivity contribution in [1.82, 2.24) is 0 Å². The maximum atomic E-state index is 12.9. The second kappa shape index (κ2) is 5.74. The highest BCUT2D eigenvalue weighted by Crippen LogP contribution is 2.23. The summed E-state index contributed by atoms with van der Waals surface area (Å²) in [5.74, 6) is 0.480. The summed E-state index contributed by atoms with van der Waals surface area (Å²) in [6.07, 6.45) is 0. The molecule has 18 heavy (non-hydrogen) atoms. The molecule has 2 rings (SSSR count). The fourth-order valence-electron chi connectivity index (χ4n) is 1.57. The lowest BCUT2D eigenvalue weighted by Crippen LogP contribution is -2.00. The minimum atomic E-state index is -0.338. The van der Waals surface area contributed by atoms with E-state index in [2.05, 4.69) is 5.32 Å². The first kappa shape index (κ1) is 12.7. The summed E-state index contributed by atoms with van der Waals surface area (Å²) >= 11 is 5.92. The maximum Gasteiger partial charge on any atom is 0.124 e. The molecule has 0 saturated heterocycles. The van der Waals surface area contributed by atoms with Crippen LogP contribution in [-0.2, 0) is 6.54 Å². The zero-order chi connectivity index (χ0) is 13.0. The van der Waals surface area contributed by atoms with E-state index >= 15 is 0 Å². The monoisotopic (exact) mass is 265 g/mol. The van der Waals surface area contributed by atoms with Crippen LogP contribution in [0.5, 0.6) is 5.75 Å². The van der Waals surface area contributed by atoms with Crippen LogP contribution in [0.25, 0.3) is 0 Å². The van der Waals surface area contributed by atoms with Crippen molar-refractivity contribution in [2.75, 3.05) is 12.4 Å². The van der Waals surface area contributed by atoms with Gasteiger partial charge >= 0.3 is 0 Å². The van der Waals surface area contributed by atoms with Gasteiger partial charge in [-0.25, -0.2) is 4.39 Å². The van der Waals surface area contributed by atoms with Crippen LogP contribution in [0.2, 0.25) is 5.02 Å². The number of nitrogens with one attached hydrogen (secondary N) is 1. The molecule has 1 N–H and O–H groups in total. The molecule has 0 unspecified atom stereocenters. The molecule has 0 bridgehead atoms. The molecule has 0 heterocycles. The first-order valence-corrected chi connectivity index (χ1v) is 5.88. The van der Waals surface area contributed by atoms with Gasteiger partial charge in [-0.1, -0.05) is 23.7 Å². The molecule has 0 aliphatic rings. The molecular weight excluding hydrogens is 253 g/mol. The average molecular weight is 266 g/mol. The lowest BCUT2D eigenvalue weighted by atomic mass is 10.2. The third-order valence-corrected chi connectivity index (χ3v) is 2.89. The van der Waals surface area contributed by atoms with Gasteiger partial charge in [0.1, 0.15) is 11.6 Å². The normalized spacial score (nSPS) is 10.2. The average Bonchev–Trinajstić information content (AvgIpc) is 2.38. The van der Waals surface area contributed by atoms with E-state index in [9.17, 15) is 4.39 Å². The SMILES string of the molecule is COc1ccc(CNc2ccc(F)cc2Cl)cc1. The molecule has 0 aromatic heterocycles. The van der Waals surface area contributed by atoms with Crippen LogP contribution in [0, 0.1) is 5.82 Å². The lowest BCUT2D eigenvalue weighted by Gasteiger charge is -2.09. The quantitative estimate of drug-likeness (QED) is 0.899. The Kier molecular flexibility index (Phi) is 4.05. The van der Waals surface area contributed by atoms with Crippen molar-refractivity contribution >= 4 is 17.3 Å². The summed E-state index contributed by atoms with van der Waals surface area (Å²) in [7, 11) is 1.63. The molecule has 0 fully saturated rings. The van der Waals surface area contributed by atoms with Crippen LogP contribution < -0.4 is 10.1 Å². The predicted octanol–water partition coefficient (Wildman–Crippen LogP) is 4.10. The van der Waals surface area contributed by atoms with Crippen molar-refractivity contribution < 1.29 is 9.13 Å². The van der Waals surface area contributed by atoms with Crippen LogP contribution in [-0.4, -0.2) is 7.11 Å². The molecule has 0 aliphatic carbocycles. The zero-order valence-electron chi connectivity index (χ0n) is 9.91. The molecule has 2 aromatic rings. The van der Waals surface area contributed by atoms with Gasteiger partial charge < -0.3 is 10.1 Å². The molecular formula is C14H13ClFNO. The third-order valence-electron chi connectivity index (χ3n) is 2.57. The topological polar surface area (TPSA) is 21.3 Å². The predicted molar refractivity (Wildman–Crippen MR) is 71.7 cm³/mol. The van der Waals surface area contributed by atoms with Gasteiger partial charge in [0.2, 0.25) is 0 Å². The highest BCUT2D eigenvalue weighted by atomic mass is 35.5. The smallest absolute Gasteiger partial charge is 0.124 e. The fourth-order valence-corrected chi connectivity index (χ4v) is 1.81. The van der Waals surface area contributed by atoms with Gasteiger partial charge in [-0.2, -0.15) is 0 Å². The largest absolute Gasteiger partial charge is 0.497 e. The molecule has 0 atom stereocenters. The number of ether oxygens (including phenoxy) is 1. The first-order chi connectivity index (χ1) is 8.69. The van der Waals surface area contributed by atoms with Crippen molar-refractivity contribution in [3.63, 3.8) is 0 Å². The summed E-state index contributed by atoms with van der Waals surface area (Å²) < 4.78 is 17.9. The number of anilines is 1. The van der Waals surface area contributed by atoms with Crippen LogP contribution in [0.1, 0.15) is 5.56 Å². The van der Waals surface area contributed by atoms with Gasteiger partial charge in [0.05, 0.1) is 17.8 Å². The molecule has 94 valence electrons. The van der Waals surface area contributed by atoms with E-state index in [-0.39, 0.29) is 5.82 Å². The Morgan fingerprint density at radius 3 is 2.50 bits per heavy atom. The van der Waals surface area contributed by atoms with Gasteiger partial charge in [0.15, 0.2) is 0 Å². The standard InChI is InChI=1S/C14H13ClFNO/c1-18-12-5-2-10(3-6-12)9-17-14-7-4-11(16)8-13(14)15/h2-8,17H,9H2,1H3. The second-order valence-electron chi connectivity index (χ2n) is 3.83. The third kappa shape index (κ3) is 3.14. The maximum absolute atomic E-state index is 12.9. The fraction of sp³-hybridized carbons (Fsp3) is 0.143. The summed E-state index contributed by atoms with van der Waals surface area (Å²) in [6, 6.07) is 12.0. The highest BCUT2D eigenvalue weighted by Gasteiger charge is 2.01. The van der Waals surface area contributed by atoms with Crippen molar-refractivity contribution in [3.05, 3.63) is 58.9 Å². The van der Waals surface area contributed by atoms with Crippen LogP contribution in [0.15, 0.2) is 42.5 Å². The van der Waals surface area contributed by atoms with Gasteiger partial charge in [-0.15, -0.1) is 0 Å². The van der Waals surface area contributed by atoms with Gasteiger partial charge in [-0.3, -0.25) is 0 Å². The van der Waals surface area contributed by atoms with Crippen molar-refractivity contribution in [1.29, 1.82) is 0 Å². The molecule has 4 heteroatoms. The van der Waals surface area contributed by atoms with Crippen molar-refractivity contribution in [2.45, 2.75) is 6.54 Å². The van der Waals surface area contributed by atoms with Gasteiger partial charge in [0, 0.05) is 6.54 Å². The number of rotatable bonds is 4. The number of halogens is 2. The van der Waals surface area contributed by atoms with E-state index in [1.54, 1.807) is 13.2 Å². The molecule has 0 aliphatic heterocycles. The van der Waals surface area contributed by atoms with E-state index < -0.39 is 0 Å². The van der Waals surface area contributed by atoms with E-state index in [0.717, 1.165) is 11.3 Å². The molecule has 0 saturated carbocycles. The van der Waals surface area contributed by atoms with Crippen molar-refractivity contribution in [3.8, 4) is 5.75 Å². The van der Waals surface area contributed by atoms with E-state index in [1.807, 2.05) is 24.3 Å². The Morgan fingerprint density at radius 1 is 1.17 bits per heavy atom. The molecule has 0 amide bonds. The summed E-state index contributed by atoms with van der Waals surface area (Å²) in [4.78, 5) is 0. The number of hydrogen-bond donors (Lipinski definition) is 1. The minimum Gasteiger partial charge on any atom is -0.497 e. The summed E-state index contributed by atoms with van der Waals surface area (Å²) in [5, 5.41) is 3.53. The Morgan fingerprint density at radius 2 is 1.89 bits per heavy atom. The van der Waals surface area contributed by atoms with E-state index in [1.165, 1.54) is 12.1 Å². The van der Waals surface area contributed by atoms with E-state index in [0.29, 0.717) is 17.3 Å². The first-order valence-electron chi connectivity index (χ1n) is 5.51. The zero-order valence-corrected chi connectivity index (χ0v) is 10.7. The Bertz CT molecular complexity index is 528. The lowest BCUT2D eigenvalue weighted by molar-refractivity contribution is 0.414. The number of methoxy groups -OCH3 is 1. The number of benzene rings is 2. The Balaban J connectivity index is 2.02. The second-order valence-corrected chi connectivity index (χ2v) is 4.23. The Labute approximate surface area is 110 Å². The molecule has 2 nitrogen and oxygen atoms in total. The van der Waals surface area contributed by atoms with Crippen LogP contribution >= 0.6 is 11.6 Å². The van der Waals surface area contributed by atoms with Gasteiger partial charge in [0.25, 0.3) is 0 Å². The Hall–Kier alpha value is -1.74. The van der Waals surface area contributed by atoms with Gasteiger partial charge in [-0.05, 0) is 35.9 Å². The molecule has 0 radical (unpaired) electrons. The summed E-state index contributed by atoms with van der Waals surface area (Å²) in [6.45, 7) is 0.620. The van der Waals surface area contributed by atoms with Crippen molar-refractivity contribution in [2.24, 2.45) is 0 Å². The highest BCUT2D eigenvalue weighted by molar-refractivity contribution is 6.33. The van der Waals surface area contributed by atoms with Crippen LogP contribution in [0.3, 0.4) is 0 Å². The number of hydrogen-bond acceptors (Lipinski definition) is 2. The molecule has 2 aromatic carbocycles. The molecule has 0 spiro atoms.